The monoisotopic (exact) mass is 333 g/mol. The molecular formula is C12H13ClFN3O3S. The highest BCUT2D eigenvalue weighted by molar-refractivity contribution is 7.92. The molecule has 9 heteroatoms. The normalized spacial score (nSPS) is 11.7. The minimum Gasteiger partial charge on any atom is -0.506 e. The number of hydrogen-bond donors (Lipinski definition) is 2. The van der Waals surface area contributed by atoms with Crippen molar-refractivity contribution in [2.45, 2.75) is 18.7 Å². The molecule has 0 saturated carbocycles. The lowest BCUT2D eigenvalue weighted by Gasteiger charge is -2.10. The van der Waals surface area contributed by atoms with Gasteiger partial charge in [-0.2, -0.15) is 5.10 Å². The lowest BCUT2D eigenvalue weighted by molar-refractivity contribution is 0.471. The number of benzene rings is 1. The number of nitrogens with one attached hydrogen (secondary N) is 1. The fraction of sp³-hybridized carbons (Fsp3) is 0.250. The Morgan fingerprint density at radius 3 is 2.52 bits per heavy atom. The van der Waals surface area contributed by atoms with Gasteiger partial charge in [0.05, 0.1) is 22.1 Å². The summed E-state index contributed by atoms with van der Waals surface area (Å²) in [5, 5.41) is 13.3. The first-order chi connectivity index (χ1) is 9.63. The number of anilines is 1. The Balaban J connectivity index is 2.50. The maximum atomic E-state index is 13.2. The van der Waals surface area contributed by atoms with Crippen LogP contribution in [0.3, 0.4) is 0 Å². The van der Waals surface area contributed by atoms with Gasteiger partial charge in [0.25, 0.3) is 10.0 Å². The average Bonchev–Trinajstić information content (AvgIpc) is 2.60. The van der Waals surface area contributed by atoms with Gasteiger partial charge in [0.15, 0.2) is 0 Å². The molecule has 0 atom stereocenters. The van der Waals surface area contributed by atoms with E-state index in [2.05, 4.69) is 9.82 Å². The van der Waals surface area contributed by atoms with Gasteiger partial charge in [-0.25, -0.2) is 12.8 Å². The molecule has 0 aliphatic heterocycles. The van der Waals surface area contributed by atoms with Gasteiger partial charge < -0.3 is 5.11 Å². The molecule has 0 radical (unpaired) electrons. The molecule has 2 N–H and O–H groups in total. The van der Waals surface area contributed by atoms with E-state index in [1.165, 1.54) is 4.68 Å². The van der Waals surface area contributed by atoms with Gasteiger partial charge >= 0.3 is 0 Å². The maximum absolute atomic E-state index is 13.2. The van der Waals surface area contributed by atoms with Crippen LogP contribution in [-0.4, -0.2) is 23.3 Å². The number of nitrogens with zero attached hydrogens (tertiary/aromatic N) is 2. The Morgan fingerprint density at radius 1 is 1.38 bits per heavy atom. The molecule has 6 nitrogen and oxygen atoms in total. The first-order valence-corrected chi connectivity index (χ1v) is 7.70. The van der Waals surface area contributed by atoms with Crippen molar-refractivity contribution in [1.82, 2.24) is 9.78 Å². The van der Waals surface area contributed by atoms with E-state index in [0.29, 0.717) is 11.4 Å². The average molecular weight is 334 g/mol. The largest absolute Gasteiger partial charge is 0.506 e. The summed E-state index contributed by atoms with van der Waals surface area (Å²) < 4.78 is 41.6. The highest BCUT2D eigenvalue weighted by Gasteiger charge is 2.25. The summed E-state index contributed by atoms with van der Waals surface area (Å²) in [5.41, 5.74) is 0.548. The molecule has 2 aromatic rings. The number of aromatic hydroxyl groups is 1. The minimum absolute atomic E-state index is 0.00449. The molecule has 1 aromatic heterocycles. The molecule has 0 spiro atoms. The van der Waals surface area contributed by atoms with Crippen LogP contribution in [0.2, 0.25) is 5.02 Å². The number of halogens is 2. The quantitative estimate of drug-likeness (QED) is 0.844. The SMILES string of the molecule is Cc1nn(C)c(C)c1S(=O)(=O)Nc1cc(Cl)c(F)cc1O. The molecule has 0 fully saturated rings. The van der Waals surface area contributed by atoms with Crippen molar-refractivity contribution in [2.24, 2.45) is 7.05 Å². The molecule has 21 heavy (non-hydrogen) atoms. The highest BCUT2D eigenvalue weighted by Crippen LogP contribution is 2.32. The first-order valence-electron chi connectivity index (χ1n) is 5.84. The second kappa shape index (κ2) is 5.19. The molecule has 0 bridgehead atoms. The number of sulfonamides is 1. The molecule has 0 aliphatic carbocycles. The fourth-order valence-electron chi connectivity index (χ4n) is 1.96. The lowest BCUT2D eigenvalue weighted by atomic mass is 10.3. The predicted octanol–water partition coefficient (Wildman–Crippen LogP) is 2.34. The zero-order valence-electron chi connectivity index (χ0n) is 11.5. The van der Waals surface area contributed by atoms with E-state index in [9.17, 15) is 17.9 Å². The molecular weight excluding hydrogens is 321 g/mol. The van der Waals surface area contributed by atoms with Gasteiger partial charge in [0.1, 0.15) is 16.5 Å². The standard InChI is InChI=1S/C12H13ClFN3O3S/c1-6-12(7(2)17(3)15-6)21(19,20)16-10-4-8(13)9(14)5-11(10)18/h4-5,16,18H,1-3H3. The Labute approximate surface area is 126 Å². The second-order valence-electron chi connectivity index (χ2n) is 4.51. The van der Waals surface area contributed by atoms with E-state index in [1.807, 2.05) is 0 Å². The molecule has 0 aliphatic rings. The molecule has 2 rings (SSSR count). The Morgan fingerprint density at radius 2 is 2.00 bits per heavy atom. The van der Waals surface area contributed by atoms with Crippen LogP contribution in [0.15, 0.2) is 17.0 Å². The summed E-state index contributed by atoms with van der Waals surface area (Å²) in [4.78, 5) is 0.00449. The van der Waals surface area contributed by atoms with Crippen LogP contribution >= 0.6 is 11.6 Å². The fourth-order valence-corrected chi connectivity index (χ4v) is 3.63. The van der Waals surface area contributed by atoms with Crippen molar-refractivity contribution in [1.29, 1.82) is 0 Å². The number of aromatic nitrogens is 2. The van der Waals surface area contributed by atoms with E-state index in [-0.39, 0.29) is 15.6 Å². The summed E-state index contributed by atoms with van der Waals surface area (Å²) in [5.74, 6) is -1.40. The van der Waals surface area contributed by atoms with Crippen LogP contribution in [0, 0.1) is 19.7 Å². The third kappa shape index (κ3) is 2.81. The number of phenols is 1. The van der Waals surface area contributed by atoms with E-state index in [0.717, 1.165) is 12.1 Å². The third-order valence-corrected chi connectivity index (χ3v) is 4.90. The Hall–Kier alpha value is -1.80. The van der Waals surface area contributed by atoms with E-state index >= 15 is 0 Å². The van der Waals surface area contributed by atoms with Crippen LogP contribution in [0.5, 0.6) is 5.75 Å². The first kappa shape index (κ1) is 15.6. The van der Waals surface area contributed by atoms with Crippen LogP contribution in [0.1, 0.15) is 11.4 Å². The topological polar surface area (TPSA) is 84.2 Å². The van der Waals surface area contributed by atoms with Crippen molar-refractivity contribution in [3.63, 3.8) is 0 Å². The smallest absolute Gasteiger partial charge is 0.265 e. The summed E-state index contributed by atoms with van der Waals surface area (Å²) in [7, 11) is -2.36. The lowest BCUT2D eigenvalue weighted by Crippen LogP contribution is -2.15. The Bertz CT molecular complexity index is 818. The molecule has 0 unspecified atom stereocenters. The number of aryl methyl sites for hydroxylation is 2. The zero-order valence-corrected chi connectivity index (χ0v) is 13.0. The van der Waals surface area contributed by atoms with Crippen molar-refractivity contribution >= 4 is 27.3 Å². The highest BCUT2D eigenvalue weighted by atomic mass is 35.5. The summed E-state index contributed by atoms with van der Waals surface area (Å²) in [6.07, 6.45) is 0. The number of rotatable bonds is 3. The molecule has 1 aromatic carbocycles. The van der Waals surface area contributed by atoms with Crippen molar-refractivity contribution < 1.29 is 17.9 Å². The summed E-state index contributed by atoms with van der Waals surface area (Å²) in [6, 6.07) is 1.74. The van der Waals surface area contributed by atoms with Crippen LogP contribution in [-0.2, 0) is 17.1 Å². The minimum atomic E-state index is -3.98. The number of hydrogen-bond acceptors (Lipinski definition) is 4. The van der Waals surface area contributed by atoms with Gasteiger partial charge in [-0.15, -0.1) is 0 Å². The van der Waals surface area contributed by atoms with Crippen molar-refractivity contribution in [3.05, 3.63) is 34.4 Å². The van der Waals surface area contributed by atoms with Crippen molar-refractivity contribution in [3.8, 4) is 5.75 Å². The molecule has 0 saturated heterocycles. The van der Waals surface area contributed by atoms with Crippen LogP contribution in [0.4, 0.5) is 10.1 Å². The molecule has 0 amide bonds. The number of phenolic OH excluding ortho intramolecular Hbond substituents is 1. The van der Waals surface area contributed by atoms with E-state index < -0.39 is 21.6 Å². The van der Waals surface area contributed by atoms with Gasteiger partial charge in [-0.05, 0) is 19.9 Å². The second-order valence-corrected chi connectivity index (χ2v) is 6.54. The predicted molar refractivity (Wildman–Crippen MR) is 76.6 cm³/mol. The third-order valence-electron chi connectivity index (χ3n) is 2.99. The van der Waals surface area contributed by atoms with Gasteiger partial charge in [0, 0.05) is 13.1 Å². The Kier molecular flexibility index (Phi) is 3.85. The van der Waals surface area contributed by atoms with E-state index in [1.54, 1.807) is 20.9 Å². The molecule has 1 heterocycles. The van der Waals surface area contributed by atoms with Gasteiger partial charge in [-0.3, -0.25) is 9.40 Å². The summed E-state index contributed by atoms with van der Waals surface area (Å²) in [6.45, 7) is 3.16. The maximum Gasteiger partial charge on any atom is 0.265 e. The van der Waals surface area contributed by atoms with Crippen LogP contribution in [0.25, 0.3) is 0 Å². The van der Waals surface area contributed by atoms with Gasteiger partial charge in [-0.1, -0.05) is 11.6 Å². The van der Waals surface area contributed by atoms with Gasteiger partial charge in [0.2, 0.25) is 0 Å². The zero-order chi connectivity index (χ0) is 15.9. The van der Waals surface area contributed by atoms with E-state index in [4.69, 9.17) is 11.6 Å². The summed E-state index contributed by atoms with van der Waals surface area (Å²) >= 11 is 5.59. The van der Waals surface area contributed by atoms with Crippen LogP contribution < -0.4 is 4.72 Å². The van der Waals surface area contributed by atoms with Crippen molar-refractivity contribution in [2.75, 3.05) is 4.72 Å². The molecule has 114 valence electrons.